The van der Waals surface area contributed by atoms with Gasteiger partial charge >= 0.3 is 0 Å². The molecule has 1 heterocycles. The minimum Gasteiger partial charge on any atom is -0.378 e. The highest BCUT2D eigenvalue weighted by Crippen LogP contribution is 2.30. The van der Waals surface area contributed by atoms with Crippen molar-refractivity contribution >= 4 is 33.2 Å². The lowest BCUT2D eigenvalue weighted by molar-refractivity contribution is -0.116. The summed E-state index contributed by atoms with van der Waals surface area (Å²) in [7, 11) is 0. The first kappa shape index (κ1) is 15.3. The average molecular weight is 341 g/mol. The first-order valence-corrected chi connectivity index (χ1v) is 7.77. The van der Waals surface area contributed by atoms with Crippen molar-refractivity contribution < 1.29 is 9.53 Å². The summed E-state index contributed by atoms with van der Waals surface area (Å²) in [6.07, 6.45) is 0.537. The van der Waals surface area contributed by atoms with Gasteiger partial charge in [0.25, 0.3) is 0 Å². The Morgan fingerprint density at radius 3 is 2.75 bits per heavy atom. The molecule has 1 aromatic carbocycles. The SMILES string of the molecule is CC(C)CC(=O)Nc1cc(Br)ccc1N1CCOCC1. The molecule has 0 bridgehead atoms. The summed E-state index contributed by atoms with van der Waals surface area (Å²) < 4.78 is 6.35. The molecule has 1 N–H and O–H groups in total. The van der Waals surface area contributed by atoms with E-state index in [9.17, 15) is 4.79 Å². The maximum Gasteiger partial charge on any atom is 0.224 e. The van der Waals surface area contributed by atoms with Gasteiger partial charge in [0.1, 0.15) is 0 Å². The minimum absolute atomic E-state index is 0.0626. The summed E-state index contributed by atoms with van der Waals surface area (Å²) in [6.45, 7) is 7.26. The van der Waals surface area contributed by atoms with E-state index in [0.29, 0.717) is 12.3 Å². The second-order valence-electron chi connectivity index (χ2n) is 5.41. The second kappa shape index (κ2) is 7.09. The van der Waals surface area contributed by atoms with Crippen LogP contribution in [-0.2, 0) is 9.53 Å². The van der Waals surface area contributed by atoms with Crippen LogP contribution >= 0.6 is 15.9 Å². The molecular formula is C15H21BrN2O2. The van der Waals surface area contributed by atoms with Crippen molar-refractivity contribution in [3.05, 3.63) is 22.7 Å². The Labute approximate surface area is 128 Å². The van der Waals surface area contributed by atoms with Crippen LogP contribution in [0.2, 0.25) is 0 Å². The number of morpholine rings is 1. The Hall–Kier alpha value is -1.07. The average Bonchev–Trinajstić information content (AvgIpc) is 2.39. The zero-order valence-electron chi connectivity index (χ0n) is 12.0. The predicted octanol–water partition coefficient (Wildman–Crippen LogP) is 3.27. The number of nitrogens with zero attached hydrogens (tertiary/aromatic N) is 1. The molecule has 110 valence electrons. The van der Waals surface area contributed by atoms with Crippen LogP contribution in [0.15, 0.2) is 22.7 Å². The van der Waals surface area contributed by atoms with Crippen LogP contribution in [0.1, 0.15) is 20.3 Å². The molecule has 0 aromatic heterocycles. The molecule has 1 aliphatic heterocycles. The summed E-state index contributed by atoms with van der Waals surface area (Å²) >= 11 is 3.47. The number of carbonyl (C=O) groups excluding carboxylic acids is 1. The van der Waals surface area contributed by atoms with E-state index < -0.39 is 0 Å². The zero-order chi connectivity index (χ0) is 14.5. The third-order valence-corrected chi connectivity index (χ3v) is 3.67. The highest BCUT2D eigenvalue weighted by molar-refractivity contribution is 9.10. The molecule has 4 nitrogen and oxygen atoms in total. The van der Waals surface area contributed by atoms with Crippen molar-refractivity contribution in [2.24, 2.45) is 5.92 Å². The number of nitrogens with one attached hydrogen (secondary N) is 1. The quantitative estimate of drug-likeness (QED) is 0.914. The van der Waals surface area contributed by atoms with Gasteiger partial charge < -0.3 is 15.0 Å². The second-order valence-corrected chi connectivity index (χ2v) is 6.32. The summed E-state index contributed by atoms with van der Waals surface area (Å²) in [4.78, 5) is 14.3. The number of ether oxygens (including phenoxy) is 1. The molecule has 0 radical (unpaired) electrons. The lowest BCUT2D eigenvalue weighted by Crippen LogP contribution is -2.36. The van der Waals surface area contributed by atoms with Crippen LogP contribution in [0.5, 0.6) is 0 Å². The maximum atomic E-state index is 12.0. The first-order chi connectivity index (χ1) is 9.56. The van der Waals surface area contributed by atoms with Gasteiger partial charge in [-0.1, -0.05) is 29.8 Å². The lowest BCUT2D eigenvalue weighted by Gasteiger charge is -2.30. The summed E-state index contributed by atoms with van der Waals surface area (Å²) in [5.41, 5.74) is 1.93. The standard InChI is InChI=1S/C15H21BrN2O2/c1-11(2)9-15(19)17-13-10-12(16)3-4-14(13)18-5-7-20-8-6-18/h3-4,10-11H,5-9H2,1-2H3,(H,17,19). The van der Waals surface area contributed by atoms with Gasteiger partial charge in [-0.05, 0) is 24.1 Å². The molecule has 1 aliphatic rings. The van der Waals surface area contributed by atoms with Gasteiger partial charge in [-0.15, -0.1) is 0 Å². The van der Waals surface area contributed by atoms with Gasteiger partial charge in [-0.25, -0.2) is 0 Å². The van der Waals surface area contributed by atoms with Gasteiger partial charge in [0.15, 0.2) is 0 Å². The van der Waals surface area contributed by atoms with Crippen LogP contribution in [0.25, 0.3) is 0 Å². The fraction of sp³-hybridized carbons (Fsp3) is 0.533. The van der Waals surface area contributed by atoms with Crippen LogP contribution < -0.4 is 10.2 Å². The van der Waals surface area contributed by atoms with E-state index in [1.807, 2.05) is 32.0 Å². The van der Waals surface area contributed by atoms with E-state index in [0.717, 1.165) is 42.2 Å². The number of rotatable bonds is 4. The number of hydrogen-bond acceptors (Lipinski definition) is 3. The molecule has 0 unspecified atom stereocenters. The topological polar surface area (TPSA) is 41.6 Å². The van der Waals surface area contributed by atoms with Crippen LogP contribution in [-0.4, -0.2) is 32.2 Å². The highest BCUT2D eigenvalue weighted by atomic mass is 79.9. The van der Waals surface area contributed by atoms with E-state index in [1.54, 1.807) is 0 Å². The van der Waals surface area contributed by atoms with Crippen molar-refractivity contribution in [1.29, 1.82) is 0 Å². The van der Waals surface area contributed by atoms with E-state index in [2.05, 4.69) is 26.1 Å². The Morgan fingerprint density at radius 2 is 2.10 bits per heavy atom. The Balaban J connectivity index is 2.16. The van der Waals surface area contributed by atoms with E-state index in [4.69, 9.17) is 4.74 Å². The van der Waals surface area contributed by atoms with E-state index in [-0.39, 0.29) is 5.91 Å². The summed E-state index contributed by atoms with van der Waals surface area (Å²) in [6, 6.07) is 6.01. The van der Waals surface area contributed by atoms with E-state index >= 15 is 0 Å². The van der Waals surface area contributed by atoms with Crippen LogP contribution in [0.3, 0.4) is 0 Å². The minimum atomic E-state index is 0.0626. The molecule has 0 spiro atoms. The van der Waals surface area contributed by atoms with Crippen molar-refractivity contribution in [3.8, 4) is 0 Å². The number of carbonyl (C=O) groups is 1. The van der Waals surface area contributed by atoms with Gasteiger partial charge in [-0.3, -0.25) is 4.79 Å². The van der Waals surface area contributed by atoms with E-state index in [1.165, 1.54) is 0 Å². The monoisotopic (exact) mass is 340 g/mol. The van der Waals surface area contributed by atoms with Gasteiger partial charge in [0, 0.05) is 24.0 Å². The van der Waals surface area contributed by atoms with Gasteiger partial charge in [0.05, 0.1) is 24.6 Å². The fourth-order valence-corrected chi connectivity index (χ4v) is 2.62. The molecule has 5 heteroatoms. The van der Waals surface area contributed by atoms with Crippen molar-refractivity contribution in [2.75, 3.05) is 36.5 Å². The smallest absolute Gasteiger partial charge is 0.224 e. The maximum absolute atomic E-state index is 12.0. The largest absolute Gasteiger partial charge is 0.378 e. The Bertz CT molecular complexity index is 471. The molecule has 1 aromatic rings. The highest BCUT2D eigenvalue weighted by Gasteiger charge is 2.16. The molecule has 0 aliphatic carbocycles. The summed E-state index contributed by atoms with van der Waals surface area (Å²) in [5, 5.41) is 3.03. The number of anilines is 2. The molecule has 0 saturated carbocycles. The third-order valence-electron chi connectivity index (χ3n) is 3.18. The number of amides is 1. The number of halogens is 1. The normalized spacial score (nSPS) is 15.5. The van der Waals surface area contributed by atoms with Crippen molar-refractivity contribution in [1.82, 2.24) is 0 Å². The number of hydrogen-bond donors (Lipinski definition) is 1. The Morgan fingerprint density at radius 1 is 1.40 bits per heavy atom. The molecule has 1 saturated heterocycles. The molecule has 20 heavy (non-hydrogen) atoms. The number of benzene rings is 1. The first-order valence-electron chi connectivity index (χ1n) is 6.98. The zero-order valence-corrected chi connectivity index (χ0v) is 13.6. The predicted molar refractivity (Wildman–Crippen MR) is 85.3 cm³/mol. The molecule has 1 amide bonds. The van der Waals surface area contributed by atoms with Crippen LogP contribution in [0, 0.1) is 5.92 Å². The Kier molecular flexibility index (Phi) is 5.43. The van der Waals surface area contributed by atoms with Gasteiger partial charge in [-0.2, -0.15) is 0 Å². The summed E-state index contributed by atoms with van der Waals surface area (Å²) in [5.74, 6) is 0.418. The van der Waals surface area contributed by atoms with Gasteiger partial charge in [0.2, 0.25) is 5.91 Å². The third kappa shape index (κ3) is 4.21. The van der Waals surface area contributed by atoms with Crippen molar-refractivity contribution in [2.45, 2.75) is 20.3 Å². The fourth-order valence-electron chi connectivity index (χ4n) is 2.26. The molecule has 0 atom stereocenters. The van der Waals surface area contributed by atoms with Crippen LogP contribution in [0.4, 0.5) is 11.4 Å². The molecular weight excluding hydrogens is 320 g/mol. The molecule has 1 fully saturated rings. The van der Waals surface area contributed by atoms with Crippen molar-refractivity contribution in [3.63, 3.8) is 0 Å². The molecule has 2 rings (SSSR count). The lowest BCUT2D eigenvalue weighted by atomic mass is 10.1.